The highest BCUT2D eigenvalue weighted by atomic mass is 16.5. The lowest BCUT2D eigenvalue weighted by Crippen LogP contribution is -2.26. The molecule has 1 amide bonds. The molecule has 1 saturated carbocycles. The van der Waals surface area contributed by atoms with Gasteiger partial charge < -0.3 is 15.0 Å². The van der Waals surface area contributed by atoms with Gasteiger partial charge in [0.2, 0.25) is 11.9 Å². The molecule has 0 aromatic carbocycles. The number of carbonyl (C=O) groups is 1. The van der Waals surface area contributed by atoms with Crippen LogP contribution in [0.2, 0.25) is 0 Å². The van der Waals surface area contributed by atoms with Gasteiger partial charge in [0.25, 0.3) is 0 Å². The molecule has 1 aliphatic heterocycles. The number of ether oxygens (including phenoxy) is 1. The smallest absolute Gasteiger partial charge is 0.321 e. The number of amides is 1. The summed E-state index contributed by atoms with van der Waals surface area (Å²) >= 11 is 0. The fourth-order valence-electron chi connectivity index (χ4n) is 2.45. The van der Waals surface area contributed by atoms with Crippen LogP contribution in [0.4, 0.5) is 5.95 Å². The Morgan fingerprint density at radius 3 is 2.71 bits per heavy atom. The summed E-state index contributed by atoms with van der Waals surface area (Å²) in [4.78, 5) is 26.8. The molecule has 0 radical (unpaired) electrons. The third-order valence-electron chi connectivity index (χ3n) is 3.84. The Bertz CT molecular complexity index is 512. The Kier molecular flexibility index (Phi) is 4.17. The molecule has 0 atom stereocenters. The summed E-state index contributed by atoms with van der Waals surface area (Å²) in [5.41, 5.74) is 0. The molecule has 2 aliphatic rings. The van der Waals surface area contributed by atoms with E-state index >= 15 is 0 Å². The molecule has 114 valence electrons. The molecule has 1 aromatic heterocycles. The van der Waals surface area contributed by atoms with E-state index in [0.717, 1.165) is 25.9 Å². The summed E-state index contributed by atoms with van der Waals surface area (Å²) in [6.07, 6.45) is 5.27. The first-order valence-electron chi connectivity index (χ1n) is 7.55. The van der Waals surface area contributed by atoms with Crippen molar-refractivity contribution in [3.8, 4) is 6.01 Å². The van der Waals surface area contributed by atoms with Crippen LogP contribution in [-0.2, 0) is 11.3 Å². The monoisotopic (exact) mass is 291 g/mol. The van der Waals surface area contributed by atoms with E-state index in [0.29, 0.717) is 36.7 Å². The molecule has 0 unspecified atom stereocenters. The van der Waals surface area contributed by atoms with Crippen LogP contribution in [-0.4, -0.2) is 41.1 Å². The fraction of sp³-hybridized carbons (Fsp3) is 0.714. The first-order valence-corrected chi connectivity index (χ1v) is 7.55. The van der Waals surface area contributed by atoms with Gasteiger partial charge in [-0.15, -0.1) is 0 Å². The summed E-state index contributed by atoms with van der Waals surface area (Å²) < 4.78 is 5.13. The van der Waals surface area contributed by atoms with Gasteiger partial charge in [-0.05, 0) is 31.6 Å². The summed E-state index contributed by atoms with van der Waals surface area (Å²) in [6.45, 7) is 2.24. The second-order valence-electron chi connectivity index (χ2n) is 5.66. The van der Waals surface area contributed by atoms with Crippen molar-refractivity contribution < 1.29 is 9.53 Å². The van der Waals surface area contributed by atoms with Gasteiger partial charge in [-0.3, -0.25) is 4.79 Å². The number of carbonyl (C=O) groups excluding carboxylic acids is 1. The van der Waals surface area contributed by atoms with E-state index in [1.54, 1.807) is 7.11 Å². The number of methoxy groups -OCH3 is 1. The molecule has 1 N–H and O–H groups in total. The van der Waals surface area contributed by atoms with Gasteiger partial charge in [0.1, 0.15) is 0 Å². The summed E-state index contributed by atoms with van der Waals surface area (Å²) in [5, 5.41) is 2.87. The number of hydrogen-bond acceptors (Lipinski definition) is 6. The zero-order valence-electron chi connectivity index (χ0n) is 12.3. The Morgan fingerprint density at radius 1 is 1.29 bits per heavy atom. The molecule has 7 heteroatoms. The minimum absolute atomic E-state index is 0.0691. The van der Waals surface area contributed by atoms with Crippen LogP contribution >= 0.6 is 0 Å². The van der Waals surface area contributed by atoms with Crippen molar-refractivity contribution in [2.45, 2.75) is 38.6 Å². The van der Waals surface area contributed by atoms with Gasteiger partial charge in [0, 0.05) is 19.5 Å². The molecular formula is C14H21N5O2. The summed E-state index contributed by atoms with van der Waals surface area (Å²) in [5.74, 6) is 1.84. The lowest BCUT2D eigenvalue weighted by molar-refractivity contribution is -0.121. The summed E-state index contributed by atoms with van der Waals surface area (Å²) in [7, 11) is 1.54. The van der Waals surface area contributed by atoms with E-state index in [1.807, 2.05) is 0 Å². The van der Waals surface area contributed by atoms with Crippen molar-refractivity contribution in [3.63, 3.8) is 0 Å². The van der Waals surface area contributed by atoms with E-state index < -0.39 is 0 Å². The number of nitrogens with zero attached hydrogens (tertiary/aromatic N) is 4. The lowest BCUT2D eigenvalue weighted by atomic mass is 10.3. The highest BCUT2D eigenvalue weighted by Gasteiger charge is 2.24. The average molecular weight is 291 g/mol. The van der Waals surface area contributed by atoms with Crippen LogP contribution in [0.3, 0.4) is 0 Å². The Morgan fingerprint density at radius 2 is 2.05 bits per heavy atom. The van der Waals surface area contributed by atoms with E-state index in [2.05, 4.69) is 25.2 Å². The normalized spacial score (nSPS) is 17.9. The van der Waals surface area contributed by atoms with E-state index in [4.69, 9.17) is 4.74 Å². The topological polar surface area (TPSA) is 80.2 Å². The molecule has 0 bridgehead atoms. The maximum atomic E-state index is 11.7. The Hall–Kier alpha value is -1.92. The second-order valence-corrected chi connectivity index (χ2v) is 5.66. The number of hydrogen-bond donors (Lipinski definition) is 1. The number of aromatic nitrogens is 3. The van der Waals surface area contributed by atoms with Crippen molar-refractivity contribution in [2.24, 2.45) is 5.92 Å². The van der Waals surface area contributed by atoms with Crippen molar-refractivity contribution in [1.82, 2.24) is 20.3 Å². The van der Waals surface area contributed by atoms with Gasteiger partial charge in [-0.1, -0.05) is 0 Å². The zero-order valence-corrected chi connectivity index (χ0v) is 12.3. The number of rotatable bonds is 6. The molecule has 0 spiro atoms. The minimum Gasteiger partial charge on any atom is -0.467 e. The molecule has 1 saturated heterocycles. The van der Waals surface area contributed by atoms with Crippen LogP contribution in [0, 0.1) is 5.92 Å². The van der Waals surface area contributed by atoms with Gasteiger partial charge in [0.05, 0.1) is 13.7 Å². The molecule has 3 rings (SSSR count). The molecular weight excluding hydrogens is 270 g/mol. The van der Waals surface area contributed by atoms with Crippen LogP contribution < -0.4 is 15.0 Å². The molecule has 21 heavy (non-hydrogen) atoms. The third kappa shape index (κ3) is 3.80. The van der Waals surface area contributed by atoms with E-state index in [-0.39, 0.29) is 5.91 Å². The molecule has 1 aliphatic carbocycles. The van der Waals surface area contributed by atoms with Crippen molar-refractivity contribution >= 4 is 11.9 Å². The summed E-state index contributed by atoms with van der Waals surface area (Å²) in [6, 6.07) is 0.304. The quantitative estimate of drug-likeness (QED) is 0.838. The molecule has 1 aromatic rings. The van der Waals surface area contributed by atoms with Crippen molar-refractivity contribution in [3.05, 3.63) is 5.82 Å². The fourth-order valence-corrected chi connectivity index (χ4v) is 2.45. The third-order valence-corrected chi connectivity index (χ3v) is 3.84. The van der Waals surface area contributed by atoms with Gasteiger partial charge in [0.15, 0.2) is 5.82 Å². The van der Waals surface area contributed by atoms with Crippen LogP contribution in [0.5, 0.6) is 6.01 Å². The van der Waals surface area contributed by atoms with Gasteiger partial charge >= 0.3 is 6.01 Å². The van der Waals surface area contributed by atoms with Crippen LogP contribution in [0.15, 0.2) is 0 Å². The average Bonchev–Trinajstić information content (AvgIpc) is 3.14. The predicted octanol–water partition coefficient (Wildman–Crippen LogP) is 0.897. The highest BCUT2D eigenvalue weighted by Crippen LogP contribution is 2.32. The molecule has 7 nitrogen and oxygen atoms in total. The van der Waals surface area contributed by atoms with Crippen LogP contribution in [0.1, 0.15) is 37.9 Å². The SMILES string of the molecule is COc1nc(CNC(=O)CC2CC2)nc(N2CCCC2)n1. The Balaban J connectivity index is 1.64. The van der Waals surface area contributed by atoms with E-state index in [1.165, 1.54) is 12.8 Å². The zero-order chi connectivity index (χ0) is 14.7. The maximum Gasteiger partial charge on any atom is 0.321 e. The number of nitrogens with one attached hydrogen (secondary N) is 1. The van der Waals surface area contributed by atoms with Crippen LogP contribution in [0.25, 0.3) is 0 Å². The number of anilines is 1. The van der Waals surface area contributed by atoms with Gasteiger partial charge in [-0.25, -0.2) is 0 Å². The second kappa shape index (κ2) is 6.24. The lowest BCUT2D eigenvalue weighted by Gasteiger charge is -2.16. The predicted molar refractivity (Wildman–Crippen MR) is 77.0 cm³/mol. The minimum atomic E-state index is 0.0691. The molecule has 2 heterocycles. The van der Waals surface area contributed by atoms with Crippen molar-refractivity contribution in [1.29, 1.82) is 0 Å². The highest BCUT2D eigenvalue weighted by molar-refractivity contribution is 5.76. The van der Waals surface area contributed by atoms with Gasteiger partial charge in [-0.2, -0.15) is 15.0 Å². The van der Waals surface area contributed by atoms with Crippen molar-refractivity contribution in [2.75, 3.05) is 25.1 Å². The standard InChI is InChI=1S/C14H21N5O2/c1-21-14-17-11(9-15-12(20)8-10-4-5-10)16-13(18-14)19-6-2-3-7-19/h10H,2-9H2,1H3,(H,15,20). The molecule has 2 fully saturated rings. The first kappa shape index (κ1) is 14.0. The largest absolute Gasteiger partial charge is 0.467 e. The van der Waals surface area contributed by atoms with E-state index in [9.17, 15) is 4.79 Å². The Labute approximate surface area is 124 Å². The first-order chi connectivity index (χ1) is 10.2. The maximum absolute atomic E-state index is 11.7.